The summed E-state index contributed by atoms with van der Waals surface area (Å²) in [5.74, 6) is 0. The van der Waals surface area contributed by atoms with Crippen molar-refractivity contribution in [2.24, 2.45) is 0 Å². The predicted octanol–water partition coefficient (Wildman–Crippen LogP) is 1.04. The van der Waals surface area contributed by atoms with Gasteiger partial charge in [0.2, 0.25) is 10.0 Å². The van der Waals surface area contributed by atoms with Crippen molar-refractivity contribution < 1.29 is 8.42 Å². The van der Waals surface area contributed by atoms with Crippen molar-refractivity contribution in [3.05, 3.63) is 21.3 Å². The molecular weight excluding hydrogens is 256 g/mol. The highest BCUT2D eigenvalue weighted by Gasteiger charge is 1.99. The molecule has 0 aromatic carbocycles. The van der Waals surface area contributed by atoms with Gasteiger partial charge < -0.3 is 5.32 Å². The Morgan fingerprint density at radius 2 is 2.13 bits per heavy atom. The second-order valence-corrected chi connectivity index (χ2v) is 6.68. The Morgan fingerprint density at radius 1 is 1.40 bits per heavy atom. The van der Waals surface area contributed by atoms with Crippen LogP contribution in [0.2, 0.25) is 4.34 Å². The molecule has 1 aromatic rings. The highest BCUT2D eigenvalue weighted by molar-refractivity contribution is 7.88. The quantitative estimate of drug-likeness (QED) is 0.758. The summed E-state index contributed by atoms with van der Waals surface area (Å²) in [6.45, 7) is 1.71. The molecule has 1 aromatic heterocycles. The van der Waals surface area contributed by atoms with Gasteiger partial charge in [0.05, 0.1) is 10.6 Å². The fourth-order valence-electron chi connectivity index (χ4n) is 0.983. The van der Waals surface area contributed by atoms with Crippen LogP contribution in [0, 0.1) is 0 Å². The number of halogens is 1. The SMILES string of the molecule is CS(=O)(=O)NCCNCc1ccc(Cl)s1. The molecule has 0 atom stereocenters. The van der Waals surface area contributed by atoms with E-state index < -0.39 is 10.0 Å². The average molecular weight is 269 g/mol. The molecule has 86 valence electrons. The zero-order chi connectivity index (χ0) is 11.3. The van der Waals surface area contributed by atoms with E-state index in [0.717, 1.165) is 15.5 Å². The monoisotopic (exact) mass is 268 g/mol. The lowest BCUT2D eigenvalue weighted by Crippen LogP contribution is -2.30. The number of nitrogens with one attached hydrogen (secondary N) is 2. The summed E-state index contributed by atoms with van der Waals surface area (Å²) in [6.07, 6.45) is 1.14. The molecule has 0 aliphatic heterocycles. The molecule has 0 amide bonds. The molecule has 0 spiro atoms. The normalized spacial score (nSPS) is 11.9. The van der Waals surface area contributed by atoms with Crippen LogP contribution < -0.4 is 10.0 Å². The third-order valence-corrected chi connectivity index (χ3v) is 3.55. The fourth-order valence-corrected chi connectivity index (χ4v) is 2.51. The van der Waals surface area contributed by atoms with Gasteiger partial charge >= 0.3 is 0 Å². The van der Waals surface area contributed by atoms with E-state index in [-0.39, 0.29) is 0 Å². The second-order valence-electron chi connectivity index (χ2n) is 3.05. The van der Waals surface area contributed by atoms with E-state index in [1.807, 2.05) is 12.1 Å². The van der Waals surface area contributed by atoms with Gasteiger partial charge in [-0.05, 0) is 12.1 Å². The molecule has 0 bridgehead atoms. The zero-order valence-corrected chi connectivity index (χ0v) is 10.7. The van der Waals surface area contributed by atoms with E-state index in [0.29, 0.717) is 19.6 Å². The standard InChI is InChI=1S/C8H13ClN2O2S2/c1-15(12,13)11-5-4-10-6-7-2-3-8(9)14-7/h2-3,10-11H,4-6H2,1H3. The first-order valence-electron chi connectivity index (χ1n) is 4.37. The average Bonchev–Trinajstić information content (AvgIpc) is 2.49. The van der Waals surface area contributed by atoms with Crippen molar-refractivity contribution in [3.8, 4) is 0 Å². The highest BCUT2D eigenvalue weighted by atomic mass is 35.5. The summed E-state index contributed by atoms with van der Waals surface area (Å²) in [5, 5.41) is 3.11. The van der Waals surface area contributed by atoms with E-state index in [1.165, 1.54) is 11.3 Å². The first kappa shape index (κ1) is 12.9. The number of rotatable bonds is 6. The van der Waals surface area contributed by atoms with Gasteiger partial charge in [0.1, 0.15) is 0 Å². The molecule has 0 unspecified atom stereocenters. The van der Waals surface area contributed by atoms with E-state index in [9.17, 15) is 8.42 Å². The Morgan fingerprint density at radius 3 is 2.67 bits per heavy atom. The molecule has 0 saturated heterocycles. The maximum Gasteiger partial charge on any atom is 0.208 e. The first-order chi connectivity index (χ1) is 6.97. The van der Waals surface area contributed by atoms with Crippen LogP contribution in [-0.4, -0.2) is 27.8 Å². The molecule has 0 saturated carbocycles. The van der Waals surface area contributed by atoms with Gasteiger partial charge in [-0.2, -0.15) is 0 Å². The van der Waals surface area contributed by atoms with Crippen molar-refractivity contribution in [2.45, 2.75) is 6.54 Å². The largest absolute Gasteiger partial charge is 0.311 e. The molecule has 2 N–H and O–H groups in total. The topological polar surface area (TPSA) is 58.2 Å². The van der Waals surface area contributed by atoms with Gasteiger partial charge in [0, 0.05) is 24.5 Å². The number of hydrogen-bond acceptors (Lipinski definition) is 4. The van der Waals surface area contributed by atoms with Crippen LogP contribution >= 0.6 is 22.9 Å². The van der Waals surface area contributed by atoms with Crippen molar-refractivity contribution in [1.29, 1.82) is 0 Å². The van der Waals surface area contributed by atoms with Gasteiger partial charge in [-0.3, -0.25) is 0 Å². The van der Waals surface area contributed by atoms with Gasteiger partial charge in [0.25, 0.3) is 0 Å². The van der Waals surface area contributed by atoms with E-state index in [2.05, 4.69) is 10.0 Å². The Labute approximate surface area is 98.7 Å². The van der Waals surface area contributed by atoms with E-state index in [4.69, 9.17) is 11.6 Å². The zero-order valence-electron chi connectivity index (χ0n) is 8.29. The molecule has 1 heterocycles. The maximum atomic E-state index is 10.7. The Bertz CT molecular complexity index is 403. The smallest absolute Gasteiger partial charge is 0.208 e. The van der Waals surface area contributed by atoms with Crippen LogP contribution in [0.3, 0.4) is 0 Å². The summed E-state index contributed by atoms with van der Waals surface area (Å²) in [6, 6.07) is 3.79. The van der Waals surface area contributed by atoms with Gasteiger partial charge in [0.15, 0.2) is 0 Å². The lowest BCUT2D eigenvalue weighted by Gasteiger charge is -2.03. The summed E-state index contributed by atoms with van der Waals surface area (Å²) in [5.41, 5.74) is 0. The second kappa shape index (κ2) is 5.81. The molecule has 0 aliphatic carbocycles. The summed E-state index contributed by atoms with van der Waals surface area (Å²) >= 11 is 7.28. The molecule has 0 fully saturated rings. The highest BCUT2D eigenvalue weighted by Crippen LogP contribution is 2.20. The fraction of sp³-hybridized carbons (Fsp3) is 0.500. The molecule has 0 radical (unpaired) electrons. The van der Waals surface area contributed by atoms with Crippen LogP contribution in [0.5, 0.6) is 0 Å². The van der Waals surface area contributed by atoms with Gasteiger partial charge in [-0.15, -0.1) is 11.3 Å². The minimum atomic E-state index is -3.07. The molecule has 4 nitrogen and oxygen atoms in total. The number of thiophene rings is 1. The van der Waals surface area contributed by atoms with Crippen molar-refractivity contribution in [1.82, 2.24) is 10.0 Å². The Balaban J connectivity index is 2.12. The van der Waals surface area contributed by atoms with Crippen LogP contribution in [0.25, 0.3) is 0 Å². The molecular formula is C8H13ClN2O2S2. The van der Waals surface area contributed by atoms with Crippen LogP contribution in [-0.2, 0) is 16.6 Å². The Hall–Kier alpha value is -0.140. The summed E-state index contributed by atoms with van der Waals surface area (Å²) < 4.78 is 24.6. The lowest BCUT2D eigenvalue weighted by atomic mass is 10.4. The summed E-state index contributed by atoms with van der Waals surface area (Å²) in [4.78, 5) is 1.14. The first-order valence-corrected chi connectivity index (χ1v) is 7.45. The summed E-state index contributed by atoms with van der Waals surface area (Å²) in [7, 11) is -3.07. The minimum absolute atomic E-state index is 0.401. The third kappa shape index (κ3) is 6.11. The van der Waals surface area contributed by atoms with Crippen LogP contribution in [0.15, 0.2) is 12.1 Å². The van der Waals surface area contributed by atoms with Crippen molar-refractivity contribution in [3.63, 3.8) is 0 Å². The van der Waals surface area contributed by atoms with Gasteiger partial charge in [-0.25, -0.2) is 13.1 Å². The van der Waals surface area contributed by atoms with E-state index in [1.54, 1.807) is 0 Å². The maximum absolute atomic E-state index is 10.7. The molecule has 0 aliphatic rings. The van der Waals surface area contributed by atoms with Crippen LogP contribution in [0.4, 0.5) is 0 Å². The molecule has 7 heteroatoms. The van der Waals surface area contributed by atoms with Crippen molar-refractivity contribution in [2.75, 3.05) is 19.3 Å². The number of sulfonamides is 1. The molecule has 1 rings (SSSR count). The van der Waals surface area contributed by atoms with Crippen LogP contribution in [0.1, 0.15) is 4.88 Å². The third-order valence-electron chi connectivity index (χ3n) is 1.59. The lowest BCUT2D eigenvalue weighted by molar-refractivity contribution is 0.582. The number of hydrogen-bond donors (Lipinski definition) is 2. The predicted molar refractivity (Wildman–Crippen MR) is 63.9 cm³/mol. The van der Waals surface area contributed by atoms with Crippen molar-refractivity contribution >= 4 is 33.0 Å². The minimum Gasteiger partial charge on any atom is -0.311 e. The molecule has 15 heavy (non-hydrogen) atoms. The van der Waals surface area contributed by atoms with E-state index >= 15 is 0 Å². The Kier molecular flexibility index (Phi) is 5.01. The van der Waals surface area contributed by atoms with Gasteiger partial charge in [-0.1, -0.05) is 11.6 Å².